The molecule has 0 aliphatic rings. The second-order valence-corrected chi connectivity index (χ2v) is 3.85. The first-order valence-electron chi connectivity index (χ1n) is 5.79. The third kappa shape index (κ3) is 4.34. The fourth-order valence-corrected chi connectivity index (χ4v) is 1.50. The zero-order valence-electron chi connectivity index (χ0n) is 10.1. The quantitative estimate of drug-likeness (QED) is 0.883. The number of halogens is 1. The van der Waals surface area contributed by atoms with Crippen molar-refractivity contribution in [2.24, 2.45) is 0 Å². The van der Waals surface area contributed by atoms with Crippen molar-refractivity contribution in [1.82, 2.24) is 15.3 Å². The lowest BCUT2D eigenvalue weighted by molar-refractivity contribution is 0.252. The molecule has 2 N–H and O–H groups in total. The van der Waals surface area contributed by atoms with Crippen molar-refractivity contribution in [3.8, 4) is 0 Å². The average Bonchev–Trinajstić information content (AvgIpc) is 2.42. The molecule has 2 amide bonds. The number of rotatable bonds is 4. The number of carbonyl (C=O) groups excluding carboxylic acids is 1. The van der Waals surface area contributed by atoms with Crippen LogP contribution in [0.5, 0.6) is 0 Å². The van der Waals surface area contributed by atoms with Crippen LogP contribution in [0.2, 0.25) is 0 Å². The molecule has 0 aliphatic carbocycles. The van der Waals surface area contributed by atoms with Crippen LogP contribution in [0.4, 0.5) is 15.0 Å². The van der Waals surface area contributed by atoms with Gasteiger partial charge in [0, 0.05) is 18.9 Å². The number of hydrogen-bond donors (Lipinski definition) is 2. The smallest absolute Gasteiger partial charge is 0.320 e. The Morgan fingerprint density at radius 2 is 2.00 bits per heavy atom. The highest BCUT2D eigenvalue weighted by Crippen LogP contribution is 2.03. The maximum atomic E-state index is 12.7. The highest BCUT2D eigenvalue weighted by atomic mass is 19.1. The van der Waals surface area contributed by atoms with E-state index in [1.165, 1.54) is 30.7 Å². The Bertz CT molecular complexity index is 530. The van der Waals surface area contributed by atoms with Crippen LogP contribution >= 0.6 is 0 Å². The third-order valence-corrected chi connectivity index (χ3v) is 2.42. The minimum atomic E-state index is -0.345. The molecule has 0 radical (unpaired) electrons. The summed E-state index contributed by atoms with van der Waals surface area (Å²) in [7, 11) is 0. The topological polar surface area (TPSA) is 66.9 Å². The Kier molecular flexibility index (Phi) is 4.39. The van der Waals surface area contributed by atoms with E-state index in [9.17, 15) is 9.18 Å². The van der Waals surface area contributed by atoms with Gasteiger partial charge in [0.1, 0.15) is 5.82 Å². The van der Waals surface area contributed by atoms with Crippen LogP contribution in [0.1, 0.15) is 5.56 Å². The number of urea groups is 1. The van der Waals surface area contributed by atoms with E-state index in [0.29, 0.717) is 18.8 Å². The molecule has 0 unspecified atom stereocenters. The van der Waals surface area contributed by atoms with Crippen LogP contribution in [-0.2, 0) is 6.42 Å². The molecule has 19 heavy (non-hydrogen) atoms. The van der Waals surface area contributed by atoms with Gasteiger partial charge in [0.25, 0.3) is 0 Å². The molecule has 98 valence electrons. The molecule has 0 spiro atoms. The number of nitrogens with one attached hydrogen (secondary N) is 2. The SMILES string of the molecule is O=C(NCCc1ccc(F)cc1)Nc1cnccn1. The maximum Gasteiger partial charge on any atom is 0.320 e. The fraction of sp³-hybridized carbons (Fsp3) is 0.154. The van der Waals surface area contributed by atoms with E-state index < -0.39 is 0 Å². The number of benzene rings is 1. The molecule has 1 heterocycles. The number of carbonyl (C=O) groups is 1. The summed E-state index contributed by atoms with van der Waals surface area (Å²) in [6, 6.07) is 5.83. The van der Waals surface area contributed by atoms with Gasteiger partial charge in [-0.1, -0.05) is 12.1 Å². The number of nitrogens with zero attached hydrogens (tertiary/aromatic N) is 2. The maximum absolute atomic E-state index is 12.7. The predicted molar refractivity (Wildman–Crippen MR) is 69.2 cm³/mol. The van der Waals surface area contributed by atoms with Crippen LogP contribution in [-0.4, -0.2) is 22.5 Å². The zero-order valence-corrected chi connectivity index (χ0v) is 10.1. The molecular weight excluding hydrogens is 247 g/mol. The molecule has 0 fully saturated rings. The second kappa shape index (κ2) is 6.44. The number of amides is 2. The Morgan fingerprint density at radius 3 is 2.68 bits per heavy atom. The molecule has 0 aliphatic heterocycles. The van der Waals surface area contributed by atoms with Crippen LogP contribution in [0.3, 0.4) is 0 Å². The summed E-state index contributed by atoms with van der Waals surface area (Å²) in [5.41, 5.74) is 0.959. The van der Waals surface area contributed by atoms with Crippen molar-refractivity contribution in [2.45, 2.75) is 6.42 Å². The van der Waals surface area contributed by atoms with Crippen LogP contribution in [0.15, 0.2) is 42.9 Å². The monoisotopic (exact) mass is 260 g/mol. The summed E-state index contributed by atoms with van der Waals surface area (Å²) in [6.45, 7) is 0.456. The highest BCUT2D eigenvalue weighted by molar-refractivity contribution is 5.87. The van der Waals surface area contributed by atoms with Gasteiger partial charge in [-0.15, -0.1) is 0 Å². The molecule has 1 aromatic carbocycles. The molecular formula is C13H13FN4O. The Balaban J connectivity index is 1.74. The lowest BCUT2D eigenvalue weighted by Crippen LogP contribution is -2.30. The van der Waals surface area contributed by atoms with Crippen molar-refractivity contribution >= 4 is 11.8 Å². The first-order chi connectivity index (χ1) is 9.24. The van der Waals surface area contributed by atoms with Gasteiger partial charge < -0.3 is 5.32 Å². The Morgan fingerprint density at radius 1 is 1.21 bits per heavy atom. The molecule has 0 saturated carbocycles. The van der Waals surface area contributed by atoms with E-state index >= 15 is 0 Å². The molecule has 5 nitrogen and oxygen atoms in total. The van der Waals surface area contributed by atoms with Gasteiger partial charge in [0.15, 0.2) is 5.82 Å². The first kappa shape index (κ1) is 12.9. The normalized spacial score (nSPS) is 9.95. The van der Waals surface area contributed by atoms with E-state index in [4.69, 9.17) is 0 Å². The third-order valence-electron chi connectivity index (χ3n) is 2.42. The minimum Gasteiger partial charge on any atom is -0.337 e. The summed E-state index contributed by atoms with van der Waals surface area (Å²) in [5.74, 6) is 0.124. The van der Waals surface area contributed by atoms with Crippen molar-refractivity contribution in [3.05, 3.63) is 54.2 Å². The van der Waals surface area contributed by atoms with E-state index in [1.54, 1.807) is 12.1 Å². The van der Waals surface area contributed by atoms with Gasteiger partial charge in [0.05, 0.1) is 6.20 Å². The molecule has 0 bridgehead atoms. The van der Waals surface area contributed by atoms with Gasteiger partial charge in [-0.05, 0) is 24.1 Å². The van der Waals surface area contributed by atoms with E-state index in [1.807, 2.05) is 0 Å². The van der Waals surface area contributed by atoms with E-state index in [0.717, 1.165) is 5.56 Å². The lowest BCUT2D eigenvalue weighted by Gasteiger charge is -2.06. The van der Waals surface area contributed by atoms with Crippen LogP contribution < -0.4 is 10.6 Å². The van der Waals surface area contributed by atoms with Gasteiger partial charge in [-0.25, -0.2) is 14.2 Å². The molecule has 2 rings (SSSR count). The second-order valence-electron chi connectivity index (χ2n) is 3.85. The molecule has 2 aromatic rings. The molecule has 0 saturated heterocycles. The van der Waals surface area contributed by atoms with Gasteiger partial charge in [-0.2, -0.15) is 0 Å². The average molecular weight is 260 g/mol. The molecule has 1 aromatic heterocycles. The molecule has 0 atom stereocenters. The summed E-state index contributed by atoms with van der Waals surface area (Å²) in [6.07, 6.45) is 5.11. The molecule has 6 heteroatoms. The lowest BCUT2D eigenvalue weighted by atomic mass is 10.1. The number of aromatic nitrogens is 2. The van der Waals surface area contributed by atoms with Crippen molar-refractivity contribution in [3.63, 3.8) is 0 Å². The van der Waals surface area contributed by atoms with Crippen molar-refractivity contribution in [2.75, 3.05) is 11.9 Å². The van der Waals surface area contributed by atoms with E-state index in [-0.39, 0.29) is 11.8 Å². The highest BCUT2D eigenvalue weighted by Gasteiger charge is 2.01. The largest absolute Gasteiger partial charge is 0.337 e. The summed E-state index contributed by atoms with van der Waals surface area (Å²) in [4.78, 5) is 19.3. The van der Waals surface area contributed by atoms with Crippen molar-refractivity contribution in [1.29, 1.82) is 0 Å². The van der Waals surface area contributed by atoms with E-state index in [2.05, 4.69) is 20.6 Å². The van der Waals surface area contributed by atoms with Crippen LogP contribution in [0, 0.1) is 5.82 Å². The zero-order chi connectivity index (χ0) is 13.5. The van der Waals surface area contributed by atoms with Gasteiger partial charge in [0.2, 0.25) is 0 Å². The first-order valence-corrected chi connectivity index (χ1v) is 5.79. The van der Waals surface area contributed by atoms with Gasteiger partial charge >= 0.3 is 6.03 Å². The minimum absolute atomic E-state index is 0.267. The fourth-order valence-electron chi connectivity index (χ4n) is 1.50. The summed E-state index contributed by atoms with van der Waals surface area (Å²) >= 11 is 0. The Labute approximate surface area is 109 Å². The van der Waals surface area contributed by atoms with Crippen LogP contribution in [0.25, 0.3) is 0 Å². The van der Waals surface area contributed by atoms with Crippen molar-refractivity contribution < 1.29 is 9.18 Å². The standard InChI is InChI=1S/C13H13FN4O/c14-11-3-1-10(2-4-11)5-6-17-13(19)18-12-9-15-7-8-16-12/h1-4,7-9H,5-6H2,(H2,16,17,18,19). The number of anilines is 1. The Hall–Kier alpha value is -2.50. The summed E-state index contributed by atoms with van der Waals surface area (Å²) in [5, 5.41) is 5.24. The predicted octanol–water partition coefficient (Wildman–Crippen LogP) is 1.98. The number of hydrogen-bond acceptors (Lipinski definition) is 3. The summed E-state index contributed by atoms with van der Waals surface area (Å²) < 4.78 is 12.7. The van der Waals surface area contributed by atoms with Gasteiger partial charge in [-0.3, -0.25) is 10.3 Å².